The van der Waals surface area contributed by atoms with Crippen LogP contribution in [-0.4, -0.2) is 33.0 Å². The van der Waals surface area contributed by atoms with E-state index in [0.717, 1.165) is 18.8 Å². The van der Waals surface area contributed by atoms with Gasteiger partial charge in [-0.05, 0) is 31.7 Å². The van der Waals surface area contributed by atoms with Crippen LogP contribution in [0.4, 0.5) is 0 Å². The van der Waals surface area contributed by atoms with Crippen LogP contribution in [0.15, 0.2) is 0 Å². The Kier molecular flexibility index (Phi) is 5.25. The van der Waals surface area contributed by atoms with Crippen LogP contribution in [0.5, 0.6) is 0 Å². The van der Waals surface area contributed by atoms with Crippen molar-refractivity contribution >= 4 is 9.84 Å². The normalized spacial score (nSPS) is 26.1. The van der Waals surface area contributed by atoms with E-state index >= 15 is 0 Å². The van der Waals surface area contributed by atoms with Crippen molar-refractivity contribution in [2.45, 2.75) is 45.6 Å². The lowest BCUT2D eigenvalue weighted by Gasteiger charge is -2.26. The van der Waals surface area contributed by atoms with E-state index in [1.807, 2.05) is 7.05 Å². The lowest BCUT2D eigenvalue weighted by Crippen LogP contribution is -2.36. The maximum atomic E-state index is 11.5. The molecule has 0 radical (unpaired) electrons. The Bertz CT molecular complexity index is 296. The van der Waals surface area contributed by atoms with Gasteiger partial charge in [0.1, 0.15) is 0 Å². The highest BCUT2D eigenvalue weighted by Crippen LogP contribution is 2.27. The predicted molar refractivity (Wildman–Crippen MR) is 68.3 cm³/mol. The Hall–Kier alpha value is -0.0900. The fourth-order valence-electron chi connectivity index (χ4n) is 2.67. The molecule has 1 heterocycles. The number of rotatable bonds is 6. The molecule has 96 valence electrons. The van der Waals surface area contributed by atoms with Gasteiger partial charge >= 0.3 is 0 Å². The van der Waals surface area contributed by atoms with Gasteiger partial charge < -0.3 is 5.32 Å². The molecule has 2 unspecified atom stereocenters. The van der Waals surface area contributed by atoms with E-state index in [4.69, 9.17) is 0 Å². The second kappa shape index (κ2) is 6.01. The summed E-state index contributed by atoms with van der Waals surface area (Å²) in [6, 6.07) is 0.377. The van der Waals surface area contributed by atoms with Gasteiger partial charge in [-0.25, -0.2) is 8.42 Å². The number of hydrogen-bond acceptors (Lipinski definition) is 3. The van der Waals surface area contributed by atoms with Crippen LogP contribution >= 0.6 is 0 Å². The van der Waals surface area contributed by atoms with E-state index in [1.54, 1.807) is 0 Å². The molecule has 2 atom stereocenters. The lowest BCUT2D eigenvalue weighted by atomic mass is 9.87. The molecule has 1 saturated heterocycles. The summed E-state index contributed by atoms with van der Waals surface area (Å²) in [5.74, 6) is 1.83. The van der Waals surface area contributed by atoms with Crippen LogP contribution in [-0.2, 0) is 9.84 Å². The van der Waals surface area contributed by atoms with E-state index in [0.29, 0.717) is 23.5 Å². The molecule has 0 aromatic carbocycles. The van der Waals surface area contributed by atoms with Gasteiger partial charge in [-0.15, -0.1) is 0 Å². The molecule has 1 aliphatic rings. The van der Waals surface area contributed by atoms with Crippen molar-refractivity contribution in [1.29, 1.82) is 0 Å². The highest BCUT2D eigenvalue weighted by atomic mass is 32.2. The van der Waals surface area contributed by atoms with Gasteiger partial charge in [0.05, 0.1) is 11.5 Å². The van der Waals surface area contributed by atoms with Crippen molar-refractivity contribution in [1.82, 2.24) is 5.32 Å². The van der Waals surface area contributed by atoms with Gasteiger partial charge in [0.25, 0.3) is 0 Å². The summed E-state index contributed by atoms with van der Waals surface area (Å²) in [5.41, 5.74) is 0. The highest BCUT2D eigenvalue weighted by molar-refractivity contribution is 7.91. The van der Waals surface area contributed by atoms with Crippen molar-refractivity contribution in [2.24, 2.45) is 11.8 Å². The van der Waals surface area contributed by atoms with Gasteiger partial charge in [-0.1, -0.05) is 26.7 Å². The average molecular weight is 247 g/mol. The van der Waals surface area contributed by atoms with E-state index in [2.05, 4.69) is 19.2 Å². The monoisotopic (exact) mass is 247 g/mol. The highest BCUT2D eigenvalue weighted by Gasteiger charge is 2.33. The van der Waals surface area contributed by atoms with Gasteiger partial charge in [0.15, 0.2) is 9.84 Å². The van der Waals surface area contributed by atoms with E-state index in [9.17, 15) is 8.42 Å². The summed E-state index contributed by atoms with van der Waals surface area (Å²) in [4.78, 5) is 0. The molecular formula is C12H25NO2S. The van der Waals surface area contributed by atoms with Gasteiger partial charge in [0.2, 0.25) is 0 Å². The zero-order chi connectivity index (χ0) is 12.2. The molecule has 0 aromatic rings. The first-order valence-electron chi connectivity index (χ1n) is 6.40. The first-order valence-corrected chi connectivity index (χ1v) is 8.22. The van der Waals surface area contributed by atoms with Crippen molar-refractivity contribution in [3.63, 3.8) is 0 Å². The largest absolute Gasteiger partial charge is 0.317 e. The van der Waals surface area contributed by atoms with Crippen LogP contribution in [0.2, 0.25) is 0 Å². The third-order valence-electron chi connectivity index (χ3n) is 3.95. The smallest absolute Gasteiger partial charge is 0.150 e. The van der Waals surface area contributed by atoms with Crippen LogP contribution in [0.1, 0.15) is 39.5 Å². The fourth-order valence-corrected chi connectivity index (χ4v) is 4.55. The fraction of sp³-hybridized carbons (Fsp3) is 1.00. The summed E-state index contributed by atoms with van der Waals surface area (Å²) in [5, 5.41) is 3.32. The van der Waals surface area contributed by atoms with Crippen molar-refractivity contribution in [3.05, 3.63) is 0 Å². The zero-order valence-corrected chi connectivity index (χ0v) is 11.5. The molecule has 16 heavy (non-hydrogen) atoms. The Balaban J connectivity index is 2.55. The molecule has 1 rings (SSSR count). The molecular weight excluding hydrogens is 222 g/mol. The Morgan fingerprint density at radius 2 is 1.94 bits per heavy atom. The molecule has 0 amide bonds. The molecule has 0 aromatic heterocycles. The number of hydrogen-bond donors (Lipinski definition) is 1. The Labute approximate surface area is 99.9 Å². The molecule has 3 nitrogen and oxygen atoms in total. The minimum Gasteiger partial charge on any atom is -0.317 e. The molecule has 1 fully saturated rings. The maximum absolute atomic E-state index is 11.5. The van der Waals surface area contributed by atoms with Crippen LogP contribution in [0.25, 0.3) is 0 Å². The van der Waals surface area contributed by atoms with E-state index in [1.165, 1.54) is 12.8 Å². The molecule has 0 spiro atoms. The van der Waals surface area contributed by atoms with Crippen LogP contribution < -0.4 is 5.32 Å². The minimum atomic E-state index is -2.74. The second-order valence-corrected chi connectivity index (χ2v) is 7.21. The van der Waals surface area contributed by atoms with Crippen molar-refractivity contribution in [3.8, 4) is 0 Å². The number of nitrogens with one attached hydrogen (secondary N) is 1. The molecule has 4 heteroatoms. The maximum Gasteiger partial charge on any atom is 0.150 e. The SMILES string of the molecule is CCC(CC)CC(NC)C1CCS(=O)(=O)C1. The molecule has 0 saturated carbocycles. The van der Waals surface area contributed by atoms with Gasteiger partial charge in [-0.2, -0.15) is 0 Å². The standard InChI is InChI=1S/C12H25NO2S/c1-4-10(5-2)8-12(13-3)11-6-7-16(14,15)9-11/h10-13H,4-9H2,1-3H3. The quantitative estimate of drug-likeness (QED) is 0.779. The van der Waals surface area contributed by atoms with E-state index in [-0.39, 0.29) is 0 Å². The number of sulfone groups is 1. The van der Waals surface area contributed by atoms with Crippen molar-refractivity contribution < 1.29 is 8.42 Å². The predicted octanol–water partition coefficient (Wildman–Crippen LogP) is 1.84. The summed E-state index contributed by atoms with van der Waals surface area (Å²) >= 11 is 0. The summed E-state index contributed by atoms with van der Waals surface area (Å²) in [7, 11) is -0.783. The molecule has 1 aliphatic heterocycles. The van der Waals surface area contributed by atoms with E-state index < -0.39 is 9.84 Å². The summed E-state index contributed by atoms with van der Waals surface area (Å²) < 4.78 is 22.9. The summed E-state index contributed by atoms with van der Waals surface area (Å²) in [6.07, 6.45) is 4.33. The second-order valence-electron chi connectivity index (χ2n) is 4.98. The van der Waals surface area contributed by atoms with Gasteiger partial charge in [0, 0.05) is 6.04 Å². The van der Waals surface area contributed by atoms with Crippen LogP contribution in [0.3, 0.4) is 0 Å². The zero-order valence-electron chi connectivity index (χ0n) is 10.7. The van der Waals surface area contributed by atoms with Crippen LogP contribution in [0, 0.1) is 11.8 Å². The minimum absolute atomic E-state index is 0.329. The van der Waals surface area contributed by atoms with Gasteiger partial charge in [-0.3, -0.25) is 0 Å². The first kappa shape index (κ1) is 14.0. The summed E-state index contributed by atoms with van der Waals surface area (Å²) in [6.45, 7) is 4.43. The Morgan fingerprint density at radius 3 is 2.31 bits per heavy atom. The third-order valence-corrected chi connectivity index (χ3v) is 5.74. The third kappa shape index (κ3) is 3.74. The average Bonchev–Trinajstić information content (AvgIpc) is 2.61. The topological polar surface area (TPSA) is 46.2 Å². The lowest BCUT2D eigenvalue weighted by molar-refractivity contribution is 0.311. The molecule has 0 bridgehead atoms. The Morgan fingerprint density at radius 1 is 1.31 bits per heavy atom. The molecule has 1 N–H and O–H groups in total. The first-order chi connectivity index (χ1) is 7.52. The van der Waals surface area contributed by atoms with Crippen molar-refractivity contribution in [2.75, 3.05) is 18.6 Å². The molecule has 0 aliphatic carbocycles.